The van der Waals surface area contributed by atoms with Gasteiger partial charge in [0, 0.05) is 71.8 Å². The second kappa shape index (κ2) is 24.3. The highest BCUT2D eigenvalue weighted by Gasteiger charge is 2.38. The van der Waals surface area contributed by atoms with E-state index in [1.165, 1.54) is 4.68 Å². The third-order valence-electron chi connectivity index (χ3n) is 13.2. The molecule has 5 N–H and O–H groups in total. The Morgan fingerprint density at radius 3 is 1.53 bits per heavy atom. The van der Waals surface area contributed by atoms with E-state index >= 15 is 0 Å². The fraction of sp³-hybridized carbons (Fsp3) is 0.407. The summed E-state index contributed by atoms with van der Waals surface area (Å²) in [6.45, 7) is 14.4. The van der Waals surface area contributed by atoms with Gasteiger partial charge in [-0.15, -0.1) is 10.2 Å². The van der Waals surface area contributed by atoms with Gasteiger partial charge in [-0.05, 0) is 127 Å². The number of nitrogens with one attached hydrogen (secondary N) is 3. The minimum atomic E-state index is -0.548. The largest absolute Gasteiger partial charge is 0.459 e. The highest BCUT2D eigenvalue weighted by Crippen LogP contribution is 2.40. The van der Waals surface area contributed by atoms with Crippen molar-refractivity contribution in [2.75, 3.05) is 65.2 Å². The van der Waals surface area contributed by atoms with Crippen LogP contribution in [0.1, 0.15) is 78.4 Å². The van der Waals surface area contributed by atoms with E-state index in [-0.39, 0.29) is 53.5 Å². The van der Waals surface area contributed by atoms with Gasteiger partial charge in [0.05, 0.1) is 48.4 Å². The quantitative estimate of drug-likeness (QED) is 0.0535. The molecule has 23 heteroatoms. The van der Waals surface area contributed by atoms with E-state index in [1.54, 1.807) is 33.8 Å². The van der Waals surface area contributed by atoms with Crippen molar-refractivity contribution in [2.24, 2.45) is 0 Å². The molecule has 0 radical (unpaired) electrons. The summed E-state index contributed by atoms with van der Waals surface area (Å²) in [7, 11) is 0. The lowest BCUT2D eigenvalue weighted by Crippen LogP contribution is -2.45. The molecular formula is C54H65BrCl2N14O6. The predicted molar refractivity (Wildman–Crippen MR) is 302 cm³/mol. The van der Waals surface area contributed by atoms with Crippen molar-refractivity contribution >= 4 is 97.0 Å². The van der Waals surface area contributed by atoms with Crippen molar-refractivity contribution in [3.05, 3.63) is 131 Å². The van der Waals surface area contributed by atoms with Gasteiger partial charge in [-0.1, -0.05) is 63.4 Å². The average Bonchev–Trinajstić information content (AvgIpc) is 4.26. The highest BCUT2D eigenvalue weighted by atomic mass is 79.9. The number of hydrogen-bond donors (Lipinski definition) is 5. The molecular weight excluding hydrogens is 1090 g/mol. The molecule has 2 fully saturated rings. The molecule has 0 unspecified atom stereocenters. The van der Waals surface area contributed by atoms with Crippen LogP contribution < -0.4 is 20.4 Å². The Labute approximate surface area is 465 Å². The lowest BCUT2D eigenvalue weighted by Gasteiger charge is -2.42. The van der Waals surface area contributed by atoms with Crippen LogP contribution in [-0.2, 0) is 36.4 Å². The number of carbonyl (C=O) groups excluding carboxylic acids is 2. The SMILES string of the molecule is CC(C)(C)OC(=O)CBr.CC(C)(C)OC(=O)Cn1cc(Nc2nc3c(N4CCC(CO)(c5ccc(Cl)cc5)CC4)cccn3n2)cn1.OCC1(c2ccc(Cl)cc2)CCN(c2cccn3nc(Nc4cn[nH]c4)nc23)CC1. The van der Waals surface area contributed by atoms with E-state index in [4.69, 9.17) is 37.7 Å². The zero-order valence-corrected chi connectivity index (χ0v) is 47.1. The van der Waals surface area contributed by atoms with Crippen LogP contribution in [0.5, 0.6) is 0 Å². The van der Waals surface area contributed by atoms with Gasteiger partial charge >= 0.3 is 11.9 Å². The monoisotopic (exact) mass is 1150 g/mol. The first kappa shape index (κ1) is 56.4. The summed E-state index contributed by atoms with van der Waals surface area (Å²) in [5, 5.41) is 48.6. The zero-order chi connectivity index (χ0) is 55.0. The third-order valence-corrected chi connectivity index (χ3v) is 14.2. The Morgan fingerprint density at radius 2 is 1.13 bits per heavy atom. The van der Waals surface area contributed by atoms with Crippen molar-refractivity contribution in [3.63, 3.8) is 0 Å². The number of fused-ring (bicyclic) bond motifs is 2. The standard InChI is InChI=1S/C27H32ClN7O3.C21H22ClN7O.C6H11BrO2/c1-26(2,3)38-23(37)17-34-16-21(15-29-34)30-25-31-24-22(5-4-12-35(24)32-25)33-13-10-27(18-36,11-14-33)19-6-8-20(28)9-7-19;22-16-5-3-15(4-6-16)21(14-30)7-10-28(11-8-21)18-2-1-9-29-19(18)26-20(27-29)25-17-12-23-24-13-17;1-6(2,3)9-5(8)4-7/h4-9,12,15-16,36H,10-11,13-14,17-18H2,1-3H3,(H,30,32);1-6,9,12-13,30H,7-8,10-11,14H2,(H,23,24)(H,25,27);4H2,1-3H3. The van der Waals surface area contributed by atoms with Crippen LogP contribution in [0.3, 0.4) is 0 Å². The summed E-state index contributed by atoms with van der Waals surface area (Å²) in [6, 6.07) is 23.7. The van der Waals surface area contributed by atoms with Crippen LogP contribution >= 0.6 is 39.1 Å². The molecule has 6 aromatic heterocycles. The van der Waals surface area contributed by atoms with Gasteiger partial charge in [0.25, 0.3) is 0 Å². The number of esters is 2. The maximum absolute atomic E-state index is 12.1. The summed E-state index contributed by atoms with van der Waals surface area (Å²) >= 11 is 15.1. The first-order chi connectivity index (χ1) is 36.8. The van der Waals surface area contributed by atoms with E-state index in [0.717, 1.165) is 91.3 Å². The molecule has 0 atom stereocenters. The summed E-state index contributed by atoms with van der Waals surface area (Å²) in [5.41, 5.74) is 5.85. The van der Waals surface area contributed by atoms with Crippen molar-refractivity contribution in [3.8, 4) is 0 Å². The number of ether oxygens (including phenoxy) is 2. The van der Waals surface area contributed by atoms with E-state index in [1.807, 2.05) is 121 Å². The molecule has 0 saturated carbocycles. The summed E-state index contributed by atoms with van der Waals surface area (Å²) in [5.74, 6) is 0.372. The fourth-order valence-electron chi connectivity index (χ4n) is 9.39. The smallest absolute Gasteiger partial charge is 0.328 e. The van der Waals surface area contributed by atoms with Crippen LogP contribution in [0.4, 0.5) is 34.6 Å². The van der Waals surface area contributed by atoms with Crippen LogP contribution in [0.25, 0.3) is 11.3 Å². The number of alkyl halides is 1. The van der Waals surface area contributed by atoms with Gasteiger partial charge in [0.2, 0.25) is 11.9 Å². The molecule has 2 aliphatic rings. The second-order valence-electron chi connectivity index (χ2n) is 21.0. The number of rotatable bonds is 13. The van der Waals surface area contributed by atoms with Crippen LogP contribution in [0.15, 0.2) is 110 Å². The van der Waals surface area contributed by atoms with Crippen molar-refractivity contribution in [2.45, 2.75) is 95.8 Å². The normalized spacial score (nSPS) is 15.3. The van der Waals surface area contributed by atoms with Gasteiger partial charge in [-0.3, -0.25) is 19.4 Å². The van der Waals surface area contributed by atoms with Gasteiger partial charge in [-0.2, -0.15) is 20.2 Å². The number of carbonyl (C=O) groups is 2. The molecule has 10 rings (SSSR count). The van der Waals surface area contributed by atoms with Gasteiger partial charge in [0.1, 0.15) is 23.1 Å². The molecule has 0 bridgehead atoms. The summed E-state index contributed by atoms with van der Waals surface area (Å²) < 4.78 is 15.3. The van der Waals surface area contributed by atoms with Crippen LogP contribution in [0, 0.1) is 0 Å². The van der Waals surface area contributed by atoms with Crippen LogP contribution in [0.2, 0.25) is 10.0 Å². The second-order valence-corrected chi connectivity index (χ2v) is 22.5. The molecule has 408 valence electrons. The molecule has 0 spiro atoms. The predicted octanol–water partition coefficient (Wildman–Crippen LogP) is 9.30. The van der Waals surface area contributed by atoms with Crippen molar-refractivity contribution in [1.82, 2.24) is 49.2 Å². The maximum atomic E-state index is 12.1. The Kier molecular flexibility index (Phi) is 17.8. The molecule has 77 heavy (non-hydrogen) atoms. The van der Waals surface area contributed by atoms with Gasteiger partial charge in [-0.25, -0.2) is 9.03 Å². The number of aliphatic hydroxyl groups is 2. The third kappa shape index (κ3) is 14.4. The number of benzene rings is 2. The zero-order valence-electron chi connectivity index (χ0n) is 44.0. The number of hydrogen-bond acceptors (Lipinski definition) is 16. The maximum Gasteiger partial charge on any atom is 0.328 e. The van der Waals surface area contributed by atoms with E-state index in [2.05, 4.69) is 72.9 Å². The number of aliphatic hydroxyl groups excluding tert-OH is 2. The number of aromatic amines is 1. The molecule has 20 nitrogen and oxygen atoms in total. The van der Waals surface area contributed by atoms with Crippen molar-refractivity contribution in [1.29, 1.82) is 0 Å². The van der Waals surface area contributed by atoms with Crippen molar-refractivity contribution < 1.29 is 29.3 Å². The lowest BCUT2D eigenvalue weighted by molar-refractivity contribution is -0.156. The number of piperidine rings is 2. The molecule has 2 aliphatic heterocycles. The number of nitrogens with zero attached hydrogens (tertiary/aromatic N) is 11. The Balaban J connectivity index is 0.000000179. The average molecular weight is 1160 g/mol. The first-order valence-electron chi connectivity index (χ1n) is 25.3. The Morgan fingerprint density at radius 1 is 0.675 bits per heavy atom. The molecule has 2 saturated heterocycles. The number of aromatic nitrogens is 10. The van der Waals surface area contributed by atoms with E-state index < -0.39 is 5.60 Å². The number of halogens is 3. The molecule has 2 aromatic carbocycles. The molecule has 8 heterocycles. The van der Waals surface area contributed by atoms with E-state index in [0.29, 0.717) is 27.6 Å². The molecule has 0 aliphatic carbocycles. The van der Waals surface area contributed by atoms with E-state index in [9.17, 15) is 19.8 Å². The molecule has 0 amide bonds. The Hall–Kier alpha value is -6.78. The van der Waals surface area contributed by atoms with Gasteiger partial charge in [0.15, 0.2) is 11.3 Å². The lowest BCUT2D eigenvalue weighted by atomic mass is 9.73. The minimum absolute atomic E-state index is 0.0159. The topological polar surface area (TPSA) is 230 Å². The summed E-state index contributed by atoms with van der Waals surface area (Å²) in [4.78, 5) is 36.7. The number of anilines is 6. The Bertz CT molecular complexity index is 3210. The number of H-pyrrole nitrogens is 1. The minimum Gasteiger partial charge on any atom is -0.459 e. The van der Waals surface area contributed by atoms with Crippen LogP contribution in [-0.4, -0.2) is 127 Å². The van der Waals surface area contributed by atoms with Gasteiger partial charge < -0.3 is 40.1 Å². The first-order valence-corrected chi connectivity index (χ1v) is 27.1. The number of pyridine rings is 2. The highest BCUT2D eigenvalue weighted by molar-refractivity contribution is 9.09. The fourth-order valence-corrected chi connectivity index (χ4v) is 9.75. The molecule has 8 aromatic rings. The summed E-state index contributed by atoms with van der Waals surface area (Å²) in [6.07, 6.45) is 13.8.